The number of rotatable bonds is 8. The summed E-state index contributed by atoms with van der Waals surface area (Å²) in [5.74, 6) is 1.33. The van der Waals surface area contributed by atoms with Gasteiger partial charge in [0.15, 0.2) is 17.0 Å². The van der Waals surface area contributed by atoms with E-state index in [9.17, 15) is 4.79 Å². The Bertz CT molecular complexity index is 992. The van der Waals surface area contributed by atoms with Crippen LogP contribution >= 0.6 is 0 Å². The number of aromatic nitrogens is 4. The molecule has 0 aromatic carbocycles. The molecule has 2 fully saturated rings. The molecule has 0 aliphatic heterocycles. The molecule has 4 rings (SSSR count). The quantitative estimate of drug-likeness (QED) is 0.508. The van der Waals surface area contributed by atoms with Crippen molar-refractivity contribution in [1.29, 1.82) is 0 Å². The van der Waals surface area contributed by atoms with Gasteiger partial charge in [0.25, 0.3) is 0 Å². The summed E-state index contributed by atoms with van der Waals surface area (Å²) in [6.45, 7) is 7.85. The zero-order chi connectivity index (χ0) is 24.2. The first-order chi connectivity index (χ1) is 16.3. The van der Waals surface area contributed by atoms with E-state index in [2.05, 4.69) is 64.9 Å². The number of imidazole rings is 1. The van der Waals surface area contributed by atoms with Gasteiger partial charge in [0, 0.05) is 30.2 Å². The van der Waals surface area contributed by atoms with Crippen molar-refractivity contribution >= 4 is 28.8 Å². The van der Waals surface area contributed by atoms with Gasteiger partial charge in [0.2, 0.25) is 11.9 Å². The van der Waals surface area contributed by atoms with Crippen molar-refractivity contribution in [2.24, 2.45) is 0 Å². The van der Waals surface area contributed by atoms with Crippen LogP contribution in [0.4, 0.5) is 11.8 Å². The Hall–Kier alpha value is -2.68. The average Bonchev–Trinajstić information content (AvgIpc) is 3.24. The van der Waals surface area contributed by atoms with Gasteiger partial charge in [-0.3, -0.25) is 4.79 Å². The maximum absolute atomic E-state index is 11.8. The van der Waals surface area contributed by atoms with Gasteiger partial charge in [-0.05, 0) is 85.4 Å². The molecule has 2 aromatic rings. The van der Waals surface area contributed by atoms with Crippen molar-refractivity contribution in [3.8, 4) is 0 Å². The molecular weight excluding hydrogens is 428 g/mol. The first-order valence-electron chi connectivity index (χ1n) is 12.7. The van der Waals surface area contributed by atoms with E-state index in [0.29, 0.717) is 18.0 Å². The van der Waals surface area contributed by atoms with Crippen LogP contribution in [-0.4, -0.2) is 68.6 Å². The largest absolute Gasteiger partial charge is 0.365 e. The van der Waals surface area contributed by atoms with Crippen LogP contribution < -0.4 is 16.0 Å². The fraction of sp³-hybridized carbons (Fsp3) is 0.680. The van der Waals surface area contributed by atoms with Gasteiger partial charge in [-0.1, -0.05) is 6.58 Å². The second kappa shape index (κ2) is 10.7. The minimum absolute atomic E-state index is 0.110. The molecule has 186 valence electrons. The number of carbonyl (C=O) groups is 1. The zero-order valence-corrected chi connectivity index (χ0v) is 21.0. The molecule has 0 spiro atoms. The molecule has 9 nitrogen and oxygen atoms in total. The molecule has 1 amide bonds. The SMILES string of the molecule is C=CC(=O)NC1CCCC(Nc2nc(NC3CCC(N(C)C)CC3)nc3c2ncn3C(C)C)C1. The van der Waals surface area contributed by atoms with Gasteiger partial charge >= 0.3 is 0 Å². The van der Waals surface area contributed by atoms with Gasteiger partial charge in [0.05, 0.1) is 6.33 Å². The van der Waals surface area contributed by atoms with Crippen LogP contribution in [0.5, 0.6) is 0 Å². The Morgan fingerprint density at radius 2 is 1.82 bits per heavy atom. The molecule has 0 radical (unpaired) electrons. The van der Waals surface area contributed by atoms with Crippen molar-refractivity contribution in [3.63, 3.8) is 0 Å². The number of carbonyl (C=O) groups excluding carboxylic acids is 1. The Labute approximate surface area is 202 Å². The fourth-order valence-electron chi connectivity index (χ4n) is 5.28. The summed E-state index contributed by atoms with van der Waals surface area (Å²) in [6, 6.07) is 1.65. The second-order valence-corrected chi connectivity index (χ2v) is 10.3. The zero-order valence-electron chi connectivity index (χ0n) is 21.0. The van der Waals surface area contributed by atoms with Crippen LogP contribution in [0, 0.1) is 0 Å². The third-order valence-corrected chi connectivity index (χ3v) is 7.28. The van der Waals surface area contributed by atoms with Crippen LogP contribution in [-0.2, 0) is 4.79 Å². The lowest BCUT2D eigenvalue weighted by Gasteiger charge is -2.33. The summed E-state index contributed by atoms with van der Waals surface area (Å²) in [7, 11) is 4.33. The smallest absolute Gasteiger partial charge is 0.243 e. The lowest BCUT2D eigenvalue weighted by Crippen LogP contribution is -2.41. The van der Waals surface area contributed by atoms with E-state index in [1.807, 2.05) is 6.33 Å². The van der Waals surface area contributed by atoms with Crippen LogP contribution in [0.25, 0.3) is 11.2 Å². The standard InChI is InChI=1S/C25H40N8O/c1-6-21(34)27-18-8-7-9-19(14-18)28-23-22-24(33(15-26-22)16(2)3)31-25(30-23)29-17-10-12-20(13-11-17)32(4)5/h6,15-20H,1,7-14H2,2-5H3,(H,27,34)(H2,28,29,30,31). The maximum atomic E-state index is 11.8. The predicted octanol–water partition coefficient (Wildman–Crippen LogP) is 3.72. The van der Waals surface area contributed by atoms with Crippen LogP contribution in [0.15, 0.2) is 19.0 Å². The molecule has 2 aliphatic carbocycles. The van der Waals surface area contributed by atoms with E-state index >= 15 is 0 Å². The normalized spacial score (nSPS) is 25.5. The van der Waals surface area contributed by atoms with E-state index < -0.39 is 0 Å². The molecule has 2 aromatic heterocycles. The van der Waals surface area contributed by atoms with Gasteiger partial charge in [-0.2, -0.15) is 9.97 Å². The molecule has 2 saturated carbocycles. The Balaban J connectivity index is 1.53. The van der Waals surface area contributed by atoms with E-state index in [1.165, 1.54) is 18.9 Å². The first-order valence-corrected chi connectivity index (χ1v) is 12.7. The Morgan fingerprint density at radius 1 is 1.09 bits per heavy atom. The molecule has 0 saturated heterocycles. The lowest BCUT2D eigenvalue weighted by molar-refractivity contribution is -0.117. The highest BCUT2D eigenvalue weighted by Crippen LogP contribution is 2.29. The van der Waals surface area contributed by atoms with Gasteiger partial charge < -0.3 is 25.4 Å². The summed E-state index contributed by atoms with van der Waals surface area (Å²) in [5, 5.41) is 10.3. The third-order valence-electron chi connectivity index (χ3n) is 7.28. The third kappa shape index (κ3) is 5.68. The fourth-order valence-corrected chi connectivity index (χ4v) is 5.28. The topological polar surface area (TPSA) is 100 Å². The molecule has 0 bridgehead atoms. The van der Waals surface area contributed by atoms with Crippen molar-refractivity contribution in [1.82, 2.24) is 29.7 Å². The molecule has 9 heteroatoms. The summed E-state index contributed by atoms with van der Waals surface area (Å²) < 4.78 is 2.10. The molecule has 2 heterocycles. The Kier molecular flexibility index (Phi) is 7.70. The number of fused-ring (bicyclic) bond motifs is 1. The number of hydrogen-bond acceptors (Lipinski definition) is 7. The minimum Gasteiger partial charge on any atom is -0.365 e. The van der Waals surface area contributed by atoms with Crippen LogP contribution in [0.2, 0.25) is 0 Å². The Morgan fingerprint density at radius 3 is 2.50 bits per heavy atom. The summed E-state index contributed by atoms with van der Waals surface area (Å²) in [4.78, 5) is 28.6. The first kappa shape index (κ1) is 24.4. The average molecular weight is 469 g/mol. The monoisotopic (exact) mass is 468 g/mol. The van der Waals surface area contributed by atoms with E-state index in [0.717, 1.165) is 55.5 Å². The predicted molar refractivity (Wildman–Crippen MR) is 137 cm³/mol. The maximum Gasteiger partial charge on any atom is 0.243 e. The molecule has 2 atom stereocenters. The van der Waals surface area contributed by atoms with E-state index in [-0.39, 0.29) is 24.0 Å². The summed E-state index contributed by atoms with van der Waals surface area (Å²) in [5.41, 5.74) is 1.65. The number of amides is 1. The van der Waals surface area contributed by atoms with E-state index in [4.69, 9.17) is 9.97 Å². The number of nitrogens with one attached hydrogen (secondary N) is 3. The van der Waals surface area contributed by atoms with Crippen molar-refractivity contribution < 1.29 is 4.79 Å². The van der Waals surface area contributed by atoms with Crippen LogP contribution in [0.3, 0.4) is 0 Å². The second-order valence-electron chi connectivity index (χ2n) is 10.3. The van der Waals surface area contributed by atoms with Crippen molar-refractivity contribution in [3.05, 3.63) is 19.0 Å². The number of nitrogens with zero attached hydrogens (tertiary/aromatic N) is 5. The van der Waals surface area contributed by atoms with E-state index in [1.54, 1.807) is 0 Å². The van der Waals surface area contributed by atoms with Crippen LogP contribution in [0.1, 0.15) is 71.3 Å². The molecular formula is C25H40N8O. The highest BCUT2D eigenvalue weighted by Gasteiger charge is 2.26. The van der Waals surface area contributed by atoms with Crippen molar-refractivity contribution in [2.45, 2.75) is 95.4 Å². The van der Waals surface area contributed by atoms with Gasteiger partial charge in [-0.15, -0.1) is 0 Å². The van der Waals surface area contributed by atoms with Crippen molar-refractivity contribution in [2.75, 3.05) is 24.7 Å². The molecule has 2 aliphatic rings. The summed E-state index contributed by atoms with van der Waals surface area (Å²) >= 11 is 0. The number of anilines is 2. The van der Waals surface area contributed by atoms with Gasteiger partial charge in [-0.25, -0.2) is 4.98 Å². The number of hydrogen-bond donors (Lipinski definition) is 3. The minimum atomic E-state index is -0.110. The van der Waals surface area contributed by atoms with Gasteiger partial charge in [0.1, 0.15) is 0 Å². The highest BCUT2D eigenvalue weighted by atomic mass is 16.1. The highest BCUT2D eigenvalue weighted by molar-refractivity contribution is 5.87. The lowest BCUT2D eigenvalue weighted by atomic mass is 9.90. The molecule has 3 N–H and O–H groups in total. The summed E-state index contributed by atoms with van der Waals surface area (Å²) in [6.07, 6.45) is 11.7. The molecule has 34 heavy (non-hydrogen) atoms. The molecule has 2 unspecified atom stereocenters.